The van der Waals surface area contributed by atoms with E-state index in [1.807, 2.05) is 6.92 Å². The third-order valence-corrected chi connectivity index (χ3v) is 1.25. The van der Waals surface area contributed by atoms with E-state index in [2.05, 4.69) is 6.58 Å². The van der Waals surface area contributed by atoms with Gasteiger partial charge in [-0.3, -0.25) is 4.79 Å². The summed E-state index contributed by atoms with van der Waals surface area (Å²) in [5.41, 5.74) is 0. The number of rotatable bonds is 3. The van der Waals surface area contributed by atoms with E-state index in [4.69, 9.17) is 0 Å². The largest absolute Gasteiger partial charge is 0.299 e. The van der Waals surface area contributed by atoms with Crippen molar-refractivity contribution in [3.8, 4) is 0 Å². The molecule has 0 spiro atoms. The number of hydrogen-bond donors (Lipinski definition) is 0. The normalized spacial score (nSPS) is 12.8. The number of hydrogen-bond acceptors (Lipinski definition) is 1. The summed E-state index contributed by atoms with van der Waals surface area (Å²) in [6.45, 7) is 7.11. The average molecular weight is 112 g/mol. The third kappa shape index (κ3) is 1.92. The van der Waals surface area contributed by atoms with Gasteiger partial charge in [0.1, 0.15) is 5.78 Å². The highest BCUT2D eigenvalue weighted by Gasteiger charge is 2.04. The summed E-state index contributed by atoms with van der Waals surface area (Å²) in [5.74, 6) is 0.289. The highest BCUT2D eigenvalue weighted by molar-refractivity contribution is 5.79. The van der Waals surface area contributed by atoms with Gasteiger partial charge >= 0.3 is 0 Å². The molecule has 1 heteroatoms. The molecule has 0 aliphatic carbocycles. The van der Waals surface area contributed by atoms with Gasteiger partial charge in [-0.05, 0) is 13.3 Å². The molecule has 1 nitrogen and oxygen atoms in total. The minimum atomic E-state index is 0.0787. The van der Waals surface area contributed by atoms with Gasteiger partial charge in [0.2, 0.25) is 0 Å². The Kier molecular flexibility index (Phi) is 3.16. The zero-order valence-electron chi connectivity index (χ0n) is 5.48. The van der Waals surface area contributed by atoms with Crippen LogP contribution in [0, 0.1) is 5.92 Å². The molecule has 0 aromatic carbocycles. The minimum absolute atomic E-state index is 0.0787. The van der Waals surface area contributed by atoms with Gasteiger partial charge in [-0.25, -0.2) is 0 Å². The van der Waals surface area contributed by atoms with E-state index in [0.717, 1.165) is 6.42 Å². The van der Waals surface area contributed by atoms with Crippen LogP contribution in [0.2, 0.25) is 0 Å². The molecular weight excluding hydrogens is 100 g/mol. The summed E-state index contributed by atoms with van der Waals surface area (Å²) in [4.78, 5) is 10.5. The molecule has 0 radical (unpaired) electrons. The fraction of sp³-hybridized carbons (Fsp3) is 0.571. The number of ketones is 1. The van der Waals surface area contributed by atoms with E-state index in [9.17, 15) is 4.79 Å². The van der Waals surface area contributed by atoms with Gasteiger partial charge in [-0.1, -0.05) is 13.0 Å². The van der Waals surface area contributed by atoms with Crippen molar-refractivity contribution in [3.05, 3.63) is 12.7 Å². The smallest absolute Gasteiger partial charge is 0.136 e. The van der Waals surface area contributed by atoms with Crippen LogP contribution in [0.3, 0.4) is 0 Å². The van der Waals surface area contributed by atoms with Crippen LogP contribution in [0.15, 0.2) is 12.7 Å². The molecule has 0 saturated carbocycles. The van der Waals surface area contributed by atoms with Crippen LogP contribution in [0.5, 0.6) is 0 Å². The molecule has 0 amide bonds. The summed E-state index contributed by atoms with van der Waals surface area (Å²) in [5, 5.41) is 0. The Morgan fingerprint density at radius 3 is 2.38 bits per heavy atom. The van der Waals surface area contributed by atoms with Crippen LogP contribution in [0.4, 0.5) is 0 Å². The number of carbonyl (C=O) groups is 1. The number of carbonyl (C=O) groups excluding carboxylic acids is 1. The summed E-state index contributed by atoms with van der Waals surface area (Å²) in [6, 6.07) is 0. The van der Waals surface area contributed by atoms with Crippen LogP contribution in [0.1, 0.15) is 20.3 Å². The Labute approximate surface area is 50.4 Å². The second kappa shape index (κ2) is 3.42. The first-order valence-electron chi connectivity index (χ1n) is 2.85. The quantitative estimate of drug-likeness (QED) is 0.509. The first kappa shape index (κ1) is 7.41. The van der Waals surface area contributed by atoms with E-state index in [1.165, 1.54) is 0 Å². The van der Waals surface area contributed by atoms with Gasteiger partial charge < -0.3 is 0 Å². The third-order valence-electron chi connectivity index (χ3n) is 1.25. The highest BCUT2D eigenvalue weighted by atomic mass is 16.1. The topological polar surface area (TPSA) is 17.1 Å². The lowest BCUT2D eigenvalue weighted by Crippen LogP contribution is -2.04. The fourth-order valence-corrected chi connectivity index (χ4v) is 0.620. The van der Waals surface area contributed by atoms with Gasteiger partial charge in [-0.2, -0.15) is 0 Å². The molecule has 8 heavy (non-hydrogen) atoms. The molecule has 0 aliphatic rings. The maximum Gasteiger partial charge on any atom is 0.136 e. The molecule has 0 N–H and O–H groups in total. The van der Waals surface area contributed by atoms with Gasteiger partial charge in [0.05, 0.1) is 0 Å². The minimum Gasteiger partial charge on any atom is -0.299 e. The molecular formula is C7H12O. The Morgan fingerprint density at radius 1 is 1.88 bits per heavy atom. The van der Waals surface area contributed by atoms with E-state index in [-0.39, 0.29) is 11.7 Å². The molecule has 0 saturated heterocycles. The molecule has 0 aromatic heterocycles. The van der Waals surface area contributed by atoms with Crippen molar-refractivity contribution in [2.75, 3.05) is 0 Å². The number of allylic oxidation sites excluding steroid dienone is 1. The van der Waals surface area contributed by atoms with Crippen molar-refractivity contribution in [3.63, 3.8) is 0 Å². The molecule has 0 bridgehead atoms. The second-order valence-corrected chi connectivity index (χ2v) is 1.86. The first-order chi connectivity index (χ1) is 3.72. The van der Waals surface area contributed by atoms with Crippen molar-refractivity contribution in [2.45, 2.75) is 20.3 Å². The second-order valence-electron chi connectivity index (χ2n) is 1.86. The summed E-state index contributed by atoms with van der Waals surface area (Å²) in [6.07, 6.45) is 2.57. The van der Waals surface area contributed by atoms with Gasteiger partial charge in [0.25, 0.3) is 0 Å². The van der Waals surface area contributed by atoms with Crippen molar-refractivity contribution >= 4 is 5.78 Å². The molecule has 0 rings (SSSR count). The maximum atomic E-state index is 10.5. The molecule has 0 fully saturated rings. The van der Waals surface area contributed by atoms with Crippen LogP contribution in [-0.2, 0) is 4.79 Å². The molecule has 0 aromatic rings. The van der Waals surface area contributed by atoms with Crippen molar-refractivity contribution < 1.29 is 4.79 Å². The molecule has 1 atom stereocenters. The summed E-state index contributed by atoms with van der Waals surface area (Å²) in [7, 11) is 0. The van der Waals surface area contributed by atoms with Gasteiger partial charge in [0.15, 0.2) is 0 Å². The lowest BCUT2D eigenvalue weighted by Gasteiger charge is -2.00. The predicted molar refractivity (Wildman–Crippen MR) is 34.7 cm³/mol. The Morgan fingerprint density at radius 2 is 2.38 bits per heavy atom. The van der Waals surface area contributed by atoms with E-state index < -0.39 is 0 Å². The predicted octanol–water partition coefficient (Wildman–Crippen LogP) is 1.79. The van der Waals surface area contributed by atoms with Crippen LogP contribution in [-0.4, -0.2) is 5.78 Å². The van der Waals surface area contributed by atoms with Crippen LogP contribution >= 0.6 is 0 Å². The fourth-order valence-electron chi connectivity index (χ4n) is 0.620. The van der Waals surface area contributed by atoms with Crippen LogP contribution < -0.4 is 0 Å². The monoisotopic (exact) mass is 112 g/mol. The number of Topliss-reactive ketones (excluding diaryl/α,β-unsaturated/α-hetero) is 1. The lowest BCUT2D eigenvalue weighted by molar-refractivity contribution is -0.119. The van der Waals surface area contributed by atoms with Crippen molar-refractivity contribution in [1.29, 1.82) is 0 Å². The Hall–Kier alpha value is -0.590. The zero-order valence-corrected chi connectivity index (χ0v) is 5.48. The average Bonchev–Trinajstić information content (AvgIpc) is 1.69. The van der Waals surface area contributed by atoms with E-state index in [1.54, 1.807) is 13.0 Å². The summed E-state index contributed by atoms with van der Waals surface area (Å²) < 4.78 is 0. The first-order valence-corrected chi connectivity index (χ1v) is 2.85. The van der Waals surface area contributed by atoms with Gasteiger partial charge in [0, 0.05) is 5.92 Å². The van der Waals surface area contributed by atoms with E-state index in [0.29, 0.717) is 0 Å². The molecule has 46 valence electrons. The van der Waals surface area contributed by atoms with Crippen molar-refractivity contribution in [1.82, 2.24) is 0 Å². The molecule has 1 unspecified atom stereocenters. The Balaban J connectivity index is 3.69. The molecule has 0 aliphatic heterocycles. The summed E-state index contributed by atoms with van der Waals surface area (Å²) >= 11 is 0. The lowest BCUT2D eigenvalue weighted by atomic mass is 10.0. The van der Waals surface area contributed by atoms with E-state index >= 15 is 0 Å². The maximum absolute atomic E-state index is 10.5. The SMILES string of the molecule is C=CC(CC)C(C)=O. The standard InChI is InChI=1S/C7H12O/c1-4-7(5-2)6(3)8/h4,7H,1,5H2,2-3H3. The molecule has 0 heterocycles. The highest BCUT2D eigenvalue weighted by Crippen LogP contribution is 2.02. The Bertz CT molecular complexity index is 94.6. The zero-order chi connectivity index (χ0) is 6.57. The van der Waals surface area contributed by atoms with Crippen LogP contribution in [0.25, 0.3) is 0 Å². The van der Waals surface area contributed by atoms with Gasteiger partial charge in [-0.15, -0.1) is 6.58 Å². The van der Waals surface area contributed by atoms with Crippen molar-refractivity contribution in [2.24, 2.45) is 5.92 Å².